The molecule has 0 aromatic carbocycles. The standard InChI is InChI=1S/C8H17NO5S2/c1-9(8(15)16)2-4(11)6(13)7(14)5(12)3-10/h4-7,10-14H,2-3H2,1H3,(H,15,16)/t4-,5+,6+,7+/m0/s1/i1D. The van der Waals surface area contributed by atoms with E-state index in [0.717, 1.165) is 0 Å². The Balaban J connectivity index is 4.38. The van der Waals surface area contributed by atoms with Gasteiger partial charge in [-0.1, -0.05) is 12.2 Å². The van der Waals surface area contributed by atoms with Crippen LogP contribution in [-0.2, 0) is 0 Å². The van der Waals surface area contributed by atoms with Gasteiger partial charge in [-0.15, -0.1) is 12.6 Å². The number of rotatable bonds is 6. The monoisotopic (exact) mass is 272 g/mol. The van der Waals surface area contributed by atoms with Crippen LogP contribution in [0.5, 0.6) is 0 Å². The molecule has 0 amide bonds. The van der Waals surface area contributed by atoms with E-state index in [1.165, 1.54) is 4.90 Å². The maximum absolute atomic E-state index is 9.56. The van der Waals surface area contributed by atoms with E-state index in [9.17, 15) is 15.3 Å². The van der Waals surface area contributed by atoms with Crippen LogP contribution in [0.1, 0.15) is 1.37 Å². The van der Waals surface area contributed by atoms with E-state index < -0.39 is 31.0 Å². The molecule has 0 saturated heterocycles. The Kier molecular flexibility index (Phi) is 6.51. The summed E-state index contributed by atoms with van der Waals surface area (Å²) in [4.78, 5) is 1.18. The average Bonchev–Trinajstić information content (AvgIpc) is 2.32. The molecule has 0 unspecified atom stereocenters. The van der Waals surface area contributed by atoms with Crippen molar-refractivity contribution < 1.29 is 26.9 Å². The zero-order valence-electron chi connectivity index (χ0n) is 9.47. The van der Waals surface area contributed by atoms with Gasteiger partial charge < -0.3 is 30.4 Å². The highest BCUT2D eigenvalue weighted by molar-refractivity contribution is 8.10. The van der Waals surface area contributed by atoms with Crippen LogP contribution in [0.2, 0.25) is 0 Å². The smallest absolute Gasteiger partial charge is 0.133 e. The van der Waals surface area contributed by atoms with Crippen LogP contribution in [0.3, 0.4) is 0 Å². The molecular formula is C8H17NO5S2. The van der Waals surface area contributed by atoms with Crippen LogP contribution < -0.4 is 0 Å². The summed E-state index contributed by atoms with van der Waals surface area (Å²) >= 11 is 8.51. The fourth-order valence-corrected chi connectivity index (χ4v) is 1.13. The van der Waals surface area contributed by atoms with Crippen LogP contribution in [0.15, 0.2) is 0 Å². The minimum atomic E-state index is -1.68. The van der Waals surface area contributed by atoms with E-state index in [-0.39, 0.29) is 17.9 Å². The van der Waals surface area contributed by atoms with Gasteiger partial charge in [0.1, 0.15) is 22.6 Å². The van der Waals surface area contributed by atoms with Gasteiger partial charge in [-0.2, -0.15) is 0 Å². The second-order valence-electron chi connectivity index (χ2n) is 3.30. The van der Waals surface area contributed by atoms with Crippen LogP contribution in [0, 0.1) is 0 Å². The average molecular weight is 272 g/mol. The van der Waals surface area contributed by atoms with Crippen molar-refractivity contribution in [2.24, 2.45) is 0 Å². The van der Waals surface area contributed by atoms with Crippen molar-refractivity contribution in [1.29, 1.82) is 0 Å². The fraction of sp³-hybridized carbons (Fsp3) is 0.875. The summed E-state index contributed by atoms with van der Waals surface area (Å²) in [6.45, 7) is -0.944. The Hall–Kier alpha value is 0.0400. The Morgan fingerprint density at radius 3 is 2.19 bits per heavy atom. The van der Waals surface area contributed by atoms with E-state index in [1.54, 1.807) is 0 Å². The van der Waals surface area contributed by atoms with Gasteiger partial charge in [0.25, 0.3) is 0 Å². The summed E-state index contributed by atoms with van der Waals surface area (Å²) in [6.07, 6.45) is -6.32. The molecule has 0 heterocycles. The second-order valence-corrected chi connectivity index (χ2v) is 4.42. The second kappa shape index (κ2) is 7.38. The molecule has 0 radical (unpaired) electrons. The minimum absolute atomic E-state index is 0.0726. The van der Waals surface area contributed by atoms with Gasteiger partial charge in [-0.25, -0.2) is 0 Å². The van der Waals surface area contributed by atoms with E-state index in [1.807, 2.05) is 0 Å². The van der Waals surface area contributed by atoms with Gasteiger partial charge in [0, 0.05) is 14.9 Å². The van der Waals surface area contributed by atoms with Gasteiger partial charge in [0.15, 0.2) is 0 Å². The molecule has 5 N–H and O–H groups in total. The third kappa shape index (κ3) is 4.91. The number of hydrogen-bond acceptors (Lipinski definition) is 6. The SMILES string of the molecule is [2H]CN(C[C@H](O)[C@@H](O)[C@H](O)[C@H](O)CO)C(=S)S. The quantitative estimate of drug-likeness (QED) is 0.236. The van der Waals surface area contributed by atoms with Crippen molar-refractivity contribution in [3.05, 3.63) is 0 Å². The number of aliphatic hydroxyl groups is 5. The summed E-state index contributed by atoms with van der Waals surface area (Å²) in [7, 11) is -0.259. The molecule has 0 aliphatic carbocycles. The predicted octanol–water partition coefficient (Wildman–Crippen LogP) is -2.43. The zero-order valence-corrected chi connectivity index (χ0v) is 10.2. The molecule has 4 atom stereocenters. The molecule has 0 rings (SSSR count). The Labute approximate surface area is 106 Å². The van der Waals surface area contributed by atoms with E-state index in [2.05, 4.69) is 24.8 Å². The van der Waals surface area contributed by atoms with Crippen molar-refractivity contribution >= 4 is 29.2 Å². The summed E-state index contributed by atoms with van der Waals surface area (Å²) in [5.41, 5.74) is 0. The molecule has 0 aromatic rings. The summed E-state index contributed by atoms with van der Waals surface area (Å²) in [6, 6.07) is 0. The van der Waals surface area contributed by atoms with Gasteiger partial charge in [-0.3, -0.25) is 0 Å². The first-order valence-electron chi connectivity index (χ1n) is 5.16. The summed E-state index contributed by atoms with van der Waals surface area (Å²) < 4.78 is 7.17. The normalized spacial score (nSPS) is 19.5. The highest BCUT2D eigenvalue weighted by Gasteiger charge is 2.30. The molecule has 0 aliphatic rings. The van der Waals surface area contributed by atoms with E-state index in [0.29, 0.717) is 0 Å². The summed E-state index contributed by atoms with van der Waals surface area (Å²) in [5.74, 6) is 0. The molecule has 0 fully saturated rings. The molecular weight excluding hydrogens is 254 g/mol. The highest BCUT2D eigenvalue weighted by Crippen LogP contribution is 2.07. The van der Waals surface area contributed by atoms with Crippen LogP contribution in [-0.4, -0.2) is 79.3 Å². The van der Waals surface area contributed by atoms with Gasteiger partial charge >= 0.3 is 0 Å². The van der Waals surface area contributed by atoms with Crippen molar-refractivity contribution in [3.63, 3.8) is 0 Å². The van der Waals surface area contributed by atoms with E-state index >= 15 is 0 Å². The lowest BCUT2D eigenvalue weighted by Gasteiger charge is -2.28. The zero-order chi connectivity index (χ0) is 13.6. The third-order valence-electron chi connectivity index (χ3n) is 2.00. The van der Waals surface area contributed by atoms with Crippen molar-refractivity contribution in [2.45, 2.75) is 24.4 Å². The lowest BCUT2D eigenvalue weighted by molar-refractivity contribution is -0.116. The summed E-state index contributed by atoms with van der Waals surface area (Å²) in [5, 5.41) is 46.1. The number of aliphatic hydroxyl groups excluding tert-OH is 5. The predicted molar refractivity (Wildman–Crippen MR) is 65.3 cm³/mol. The number of nitrogens with zero attached hydrogens (tertiary/aromatic N) is 1. The maximum atomic E-state index is 9.56. The van der Waals surface area contributed by atoms with Crippen LogP contribution in [0.25, 0.3) is 0 Å². The first-order chi connectivity index (χ1) is 7.84. The van der Waals surface area contributed by atoms with Crippen LogP contribution in [0.4, 0.5) is 0 Å². The fourth-order valence-electron chi connectivity index (χ4n) is 0.975. The lowest BCUT2D eigenvalue weighted by atomic mass is 10.0. The number of hydrogen-bond donors (Lipinski definition) is 6. The molecule has 96 valence electrons. The first kappa shape index (κ1) is 14.1. The lowest BCUT2D eigenvalue weighted by Crippen LogP contribution is -2.49. The molecule has 0 saturated carbocycles. The molecule has 16 heavy (non-hydrogen) atoms. The maximum Gasteiger partial charge on any atom is 0.133 e. The van der Waals surface area contributed by atoms with Crippen LogP contribution >= 0.6 is 24.8 Å². The first-order valence-corrected chi connectivity index (χ1v) is 5.30. The Morgan fingerprint density at radius 2 is 1.81 bits per heavy atom. The van der Waals surface area contributed by atoms with E-state index in [4.69, 9.17) is 11.6 Å². The number of likely N-dealkylation sites (N-methyl/N-ethyl adjacent to an activating group) is 1. The molecule has 6 nitrogen and oxygen atoms in total. The Morgan fingerprint density at radius 1 is 1.31 bits per heavy atom. The molecule has 0 aromatic heterocycles. The number of thiol groups is 1. The van der Waals surface area contributed by atoms with Crippen molar-refractivity contribution in [2.75, 3.05) is 20.2 Å². The highest BCUT2D eigenvalue weighted by atomic mass is 32.1. The van der Waals surface area contributed by atoms with Crippen molar-refractivity contribution in [3.8, 4) is 0 Å². The van der Waals surface area contributed by atoms with Gasteiger partial charge in [-0.05, 0) is 0 Å². The Bertz CT molecular complexity index is 248. The van der Waals surface area contributed by atoms with Crippen molar-refractivity contribution in [1.82, 2.24) is 4.90 Å². The molecule has 0 aliphatic heterocycles. The minimum Gasteiger partial charge on any atom is -0.394 e. The molecule has 0 spiro atoms. The number of thiocarbonyl (C=S) groups is 1. The largest absolute Gasteiger partial charge is 0.394 e. The van der Waals surface area contributed by atoms with Gasteiger partial charge in [0.2, 0.25) is 0 Å². The molecule has 8 heteroatoms. The molecule has 0 bridgehead atoms. The topological polar surface area (TPSA) is 104 Å². The van der Waals surface area contributed by atoms with Gasteiger partial charge in [0.05, 0.1) is 12.7 Å². The third-order valence-corrected chi connectivity index (χ3v) is 2.54.